The van der Waals surface area contributed by atoms with Gasteiger partial charge >= 0.3 is 6.09 Å². The lowest BCUT2D eigenvalue weighted by molar-refractivity contribution is -0.142. The minimum atomic E-state index is -4.01. The number of sulfonamides is 1. The Hall–Kier alpha value is -4.60. The van der Waals surface area contributed by atoms with Crippen molar-refractivity contribution in [2.24, 2.45) is 17.8 Å². The van der Waals surface area contributed by atoms with E-state index in [1.54, 1.807) is 32.2 Å². The number of carboxylic acid groups (broad SMARTS) is 1. The van der Waals surface area contributed by atoms with Gasteiger partial charge in [0.25, 0.3) is 5.91 Å². The van der Waals surface area contributed by atoms with E-state index in [9.17, 15) is 32.7 Å². The fourth-order valence-electron chi connectivity index (χ4n) is 7.55. The highest BCUT2D eigenvalue weighted by molar-refractivity contribution is 7.91. The zero-order valence-electron chi connectivity index (χ0n) is 30.7. The molecule has 1 saturated heterocycles. The molecular formula is C37H49N5O10S. The van der Waals surface area contributed by atoms with Crippen molar-refractivity contribution in [3.63, 3.8) is 0 Å². The molecule has 1 aromatic heterocycles. The standard InChI is InChI=1S/C37H49N5O10S/c1-6-51-29-19-38-32(26-12-11-24(50-5)16-27(26)29)52-25-17-28-31(43)40-37(34(45)41-53(48,49)36(4)13-14-36)18-23(37)10-8-7-9-21(2)15-22(3)30(39-35(46)47)33(44)42(28)20-25/h8,10-12,16,19,21-23,25,28,30,39H,6-7,9,13-15,17-18,20H2,1-5H3,(H,40,43)(H,41,45)(H,46,47)/b10-8-/t21-,22+,23+,25+,28-,30-,37+/m0/s1. The summed E-state index contributed by atoms with van der Waals surface area (Å²) in [7, 11) is -2.46. The van der Waals surface area contributed by atoms with Crippen molar-refractivity contribution in [3.05, 3.63) is 36.5 Å². The van der Waals surface area contributed by atoms with Crippen molar-refractivity contribution in [2.75, 3.05) is 20.3 Å². The predicted molar refractivity (Wildman–Crippen MR) is 194 cm³/mol. The summed E-state index contributed by atoms with van der Waals surface area (Å²) in [5.41, 5.74) is -1.55. The van der Waals surface area contributed by atoms with Crippen LogP contribution in [0.4, 0.5) is 4.79 Å². The number of benzene rings is 1. The van der Waals surface area contributed by atoms with Crippen molar-refractivity contribution in [1.82, 2.24) is 25.2 Å². The van der Waals surface area contributed by atoms with Gasteiger partial charge in [0.2, 0.25) is 27.7 Å². The van der Waals surface area contributed by atoms with Crippen LogP contribution in [0.1, 0.15) is 72.6 Å². The van der Waals surface area contributed by atoms with E-state index in [1.165, 1.54) is 11.1 Å². The molecule has 2 saturated carbocycles. The van der Waals surface area contributed by atoms with E-state index in [1.807, 2.05) is 32.9 Å². The van der Waals surface area contributed by atoms with E-state index in [2.05, 4.69) is 20.3 Å². The Labute approximate surface area is 309 Å². The molecule has 0 bridgehead atoms. The van der Waals surface area contributed by atoms with E-state index in [0.29, 0.717) is 54.6 Å². The number of fused-ring (bicyclic) bond motifs is 3. The molecule has 16 heteroatoms. The summed E-state index contributed by atoms with van der Waals surface area (Å²) in [4.78, 5) is 60.4. The number of carbonyl (C=O) groups excluding carboxylic acids is 3. The fourth-order valence-corrected chi connectivity index (χ4v) is 8.86. The van der Waals surface area contributed by atoms with Crippen LogP contribution < -0.4 is 29.6 Å². The average molecular weight is 756 g/mol. The minimum absolute atomic E-state index is 0.0107. The van der Waals surface area contributed by atoms with E-state index >= 15 is 0 Å². The third-order valence-corrected chi connectivity index (χ3v) is 13.3. The summed E-state index contributed by atoms with van der Waals surface area (Å²) in [6.07, 6.45) is 6.09. The van der Waals surface area contributed by atoms with E-state index in [4.69, 9.17) is 14.2 Å². The summed E-state index contributed by atoms with van der Waals surface area (Å²) >= 11 is 0. The number of allylic oxidation sites excluding steroid dienone is 1. The van der Waals surface area contributed by atoms with Crippen LogP contribution in [-0.2, 0) is 24.4 Å². The van der Waals surface area contributed by atoms with Gasteiger partial charge in [-0.15, -0.1) is 0 Å². The second kappa shape index (κ2) is 14.7. The number of nitrogens with zero attached hydrogens (tertiary/aromatic N) is 2. The zero-order chi connectivity index (χ0) is 38.3. The molecule has 4 amide bonds. The highest BCUT2D eigenvalue weighted by Crippen LogP contribution is 2.47. The summed E-state index contributed by atoms with van der Waals surface area (Å²) in [5.74, 6) is -1.53. The maximum Gasteiger partial charge on any atom is 0.405 e. The van der Waals surface area contributed by atoms with Crippen molar-refractivity contribution in [2.45, 2.75) is 101 Å². The largest absolute Gasteiger partial charge is 0.497 e. The summed E-state index contributed by atoms with van der Waals surface area (Å²) < 4.78 is 45.1. The number of carbonyl (C=O) groups is 4. The number of nitrogens with one attached hydrogen (secondary N) is 3. The molecule has 4 aliphatic rings. The average Bonchev–Trinajstić information content (AvgIpc) is 3.99. The number of methoxy groups -OCH3 is 1. The Morgan fingerprint density at radius 1 is 1.15 bits per heavy atom. The van der Waals surface area contributed by atoms with Gasteiger partial charge in [0.05, 0.1) is 31.2 Å². The van der Waals surface area contributed by atoms with Crippen molar-refractivity contribution >= 4 is 44.6 Å². The van der Waals surface area contributed by atoms with Gasteiger partial charge in [0, 0.05) is 23.1 Å². The number of hydrogen-bond donors (Lipinski definition) is 4. The molecule has 2 aliphatic carbocycles. The van der Waals surface area contributed by atoms with Gasteiger partial charge in [-0.05, 0) is 82.4 Å². The molecule has 2 aromatic rings. The quantitative estimate of drug-likeness (QED) is 0.273. The predicted octanol–water partition coefficient (Wildman–Crippen LogP) is 3.51. The van der Waals surface area contributed by atoms with Crippen LogP contribution in [0.2, 0.25) is 0 Å². The first kappa shape index (κ1) is 38.1. The summed E-state index contributed by atoms with van der Waals surface area (Å²) in [5, 5.41) is 16.3. The first-order valence-corrected chi connectivity index (χ1v) is 19.7. The molecule has 6 rings (SSSR count). The Bertz CT molecular complexity index is 1920. The van der Waals surface area contributed by atoms with Crippen LogP contribution in [0.3, 0.4) is 0 Å². The number of aromatic nitrogens is 1. The van der Waals surface area contributed by atoms with E-state index in [-0.39, 0.29) is 31.2 Å². The maximum atomic E-state index is 14.4. The highest BCUT2D eigenvalue weighted by atomic mass is 32.2. The minimum Gasteiger partial charge on any atom is -0.497 e. The number of rotatable bonds is 9. The number of hydrogen-bond acceptors (Lipinski definition) is 10. The van der Waals surface area contributed by atoms with Crippen LogP contribution in [-0.4, -0.2) is 96.0 Å². The first-order chi connectivity index (χ1) is 25.1. The lowest BCUT2D eigenvalue weighted by Crippen LogP contribution is -2.59. The van der Waals surface area contributed by atoms with Crippen LogP contribution in [0.15, 0.2) is 36.5 Å². The Balaban J connectivity index is 1.35. The molecule has 1 aromatic carbocycles. The monoisotopic (exact) mass is 755 g/mol. The lowest BCUT2D eigenvalue weighted by atomic mass is 9.88. The molecule has 288 valence electrons. The fraction of sp³-hybridized carbons (Fsp3) is 0.595. The topological polar surface area (TPSA) is 203 Å². The molecule has 0 radical (unpaired) electrons. The Morgan fingerprint density at radius 2 is 1.91 bits per heavy atom. The third kappa shape index (κ3) is 7.73. The highest BCUT2D eigenvalue weighted by Gasteiger charge is 2.63. The van der Waals surface area contributed by atoms with Crippen molar-refractivity contribution < 1.29 is 46.9 Å². The van der Waals surface area contributed by atoms with E-state index in [0.717, 1.165) is 6.42 Å². The Kier molecular flexibility index (Phi) is 10.6. The smallest absolute Gasteiger partial charge is 0.405 e. The van der Waals surface area contributed by atoms with Gasteiger partial charge in [-0.1, -0.05) is 26.0 Å². The summed E-state index contributed by atoms with van der Waals surface area (Å²) in [6, 6.07) is 2.98. The molecule has 2 aliphatic heterocycles. The SMILES string of the molecule is CCOc1cnc(O[C@@H]2C[C@H]3C(=O)N[C@]4(C(=O)NS(=O)(=O)C5(C)CC5)C[C@H]4/C=C\CC[C@H](C)C[C@@H](C)[C@H](NC(=O)O)C(=O)N3C2)c2ccc(OC)cc12. The van der Waals surface area contributed by atoms with Gasteiger partial charge in [-0.25, -0.2) is 18.2 Å². The molecule has 0 spiro atoms. The third-order valence-electron chi connectivity index (χ3n) is 11.1. The Morgan fingerprint density at radius 3 is 2.58 bits per heavy atom. The lowest BCUT2D eigenvalue weighted by Gasteiger charge is -2.32. The van der Waals surface area contributed by atoms with E-state index < -0.39 is 74.1 Å². The van der Waals surface area contributed by atoms with Gasteiger partial charge in [-0.3, -0.25) is 19.1 Å². The molecule has 15 nitrogen and oxygen atoms in total. The number of ether oxygens (including phenoxy) is 3. The maximum absolute atomic E-state index is 14.4. The molecule has 3 fully saturated rings. The molecule has 0 unspecified atom stereocenters. The van der Waals surface area contributed by atoms with Crippen molar-refractivity contribution in [1.29, 1.82) is 0 Å². The van der Waals surface area contributed by atoms with Gasteiger partial charge in [0.1, 0.15) is 35.2 Å². The van der Waals surface area contributed by atoms with Gasteiger partial charge in [-0.2, -0.15) is 0 Å². The normalized spacial score (nSPS) is 30.4. The number of pyridine rings is 1. The number of amides is 4. The molecular weight excluding hydrogens is 706 g/mol. The van der Waals surface area contributed by atoms with Crippen LogP contribution >= 0.6 is 0 Å². The van der Waals surface area contributed by atoms with Crippen LogP contribution in [0, 0.1) is 17.8 Å². The van der Waals surface area contributed by atoms with Crippen LogP contribution in [0.5, 0.6) is 17.4 Å². The van der Waals surface area contributed by atoms with Crippen molar-refractivity contribution in [3.8, 4) is 17.4 Å². The van der Waals surface area contributed by atoms with Gasteiger partial charge < -0.3 is 34.9 Å². The second-order valence-electron chi connectivity index (χ2n) is 15.2. The van der Waals surface area contributed by atoms with Gasteiger partial charge in [0.15, 0.2) is 0 Å². The molecule has 53 heavy (non-hydrogen) atoms. The van der Waals surface area contributed by atoms with Crippen LogP contribution in [0.25, 0.3) is 10.8 Å². The molecule has 4 N–H and O–H groups in total. The summed E-state index contributed by atoms with van der Waals surface area (Å²) in [6.45, 7) is 7.58. The first-order valence-electron chi connectivity index (χ1n) is 18.2. The molecule has 7 atom stereocenters. The molecule has 3 heterocycles. The second-order valence-corrected chi connectivity index (χ2v) is 17.4. The zero-order valence-corrected chi connectivity index (χ0v) is 31.5.